The molecule has 0 aliphatic carbocycles. The zero-order valence-electron chi connectivity index (χ0n) is 10.4. The highest BCUT2D eigenvalue weighted by molar-refractivity contribution is 5.78. The van der Waals surface area contributed by atoms with Crippen molar-refractivity contribution in [3.05, 3.63) is 0 Å². The van der Waals surface area contributed by atoms with E-state index in [9.17, 15) is 9.59 Å². The molecule has 0 bridgehead atoms. The maximum Gasteiger partial charge on any atom is 0.305 e. The van der Waals surface area contributed by atoms with Gasteiger partial charge in [-0.2, -0.15) is 0 Å². The number of hydrogen-bond acceptors (Lipinski definition) is 4. The molecule has 0 aromatic rings. The molecule has 0 aliphatic heterocycles. The van der Waals surface area contributed by atoms with Gasteiger partial charge in [0.15, 0.2) is 0 Å². The number of ether oxygens (including phenoxy) is 1. The molecular weight excluding hydrogens is 208 g/mol. The number of rotatable bonds is 7. The maximum atomic E-state index is 11.8. The van der Waals surface area contributed by atoms with E-state index in [2.05, 4.69) is 4.74 Å². The largest absolute Gasteiger partial charge is 0.469 e. The fourth-order valence-electron chi connectivity index (χ4n) is 1.43. The number of nitrogens with two attached hydrogens (primary N) is 1. The molecule has 0 saturated carbocycles. The Labute approximate surface area is 96.9 Å². The summed E-state index contributed by atoms with van der Waals surface area (Å²) in [5, 5.41) is 0. The minimum Gasteiger partial charge on any atom is -0.469 e. The standard InChI is InChI=1S/C11H22N2O3/c1-4-9(8-12)11(15)13(2)7-5-6-10(14)16-3/h9H,4-8,12H2,1-3H3. The Kier molecular flexibility index (Phi) is 7.54. The van der Waals surface area contributed by atoms with Gasteiger partial charge in [-0.3, -0.25) is 9.59 Å². The third kappa shape index (κ3) is 5.11. The van der Waals surface area contributed by atoms with Crippen LogP contribution in [0.15, 0.2) is 0 Å². The topological polar surface area (TPSA) is 72.6 Å². The van der Waals surface area contributed by atoms with Gasteiger partial charge in [0.2, 0.25) is 5.91 Å². The lowest BCUT2D eigenvalue weighted by atomic mass is 10.1. The minimum atomic E-state index is -0.244. The summed E-state index contributed by atoms with van der Waals surface area (Å²) >= 11 is 0. The van der Waals surface area contributed by atoms with Crippen LogP contribution in [0, 0.1) is 5.92 Å². The van der Waals surface area contributed by atoms with E-state index < -0.39 is 0 Å². The van der Waals surface area contributed by atoms with Crippen molar-refractivity contribution < 1.29 is 14.3 Å². The first-order valence-electron chi connectivity index (χ1n) is 5.58. The second-order valence-corrected chi connectivity index (χ2v) is 3.78. The molecule has 0 saturated heterocycles. The smallest absolute Gasteiger partial charge is 0.305 e. The van der Waals surface area contributed by atoms with E-state index in [-0.39, 0.29) is 17.8 Å². The molecule has 0 aromatic carbocycles. The van der Waals surface area contributed by atoms with E-state index in [1.807, 2.05) is 6.92 Å². The third-order valence-corrected chi connectivity index (χ3v) is 2.60. The second-order valence-electron chi connectivity index (χ2n) is 3.78. The average molecular weight is 230 g/mol. The molecule has 1 atom stereocenters. The van der Waals surface area contributed by atoms with Gasteiger partial charge in [0, 0.05) is 26.6 Å². The molecule has 0 fully saturated rings. The van der Waals surface area contributed by atoms with Crippen LogP contribution in [-0.4, -0.2) is 44.0 Å². The van der Waals surface area contributed by atoms with Crippen LogP contribution in [0.2, 0.25) is 0 Å². The quantitative estimate of drug-likeness (QED) is 0.642. The van der Waals surface area contributed by atoms with E-state index >= 15 is 0 Å². The number of esters is 1. The van der Waals surface area contributed by atoms with Gasteiger partial charge in [-0.25, -0.2) is 0 Å². The van der Waals surface area contributed by atoms with Gasteiger partial charge in [-0.05, 0) is 12.8 Å². The molecule has 0 aromatic heterocycles. The van der Waals surface area contributed by atoms with E-state index in [1.54, 1.807) is 11.9 Å². The lowest BCUT2D eigenvalue weighted by Crippen LogP contribution is -2.37. The van der Waals surface area contributed by atoms with Gasteiger partial charge in [0.05, 0.1) is 13.0 Å². The second kappa shape index (κ2) is 8.10. The summed E-state index contributed by atoms with van der Waals surface area (Å²) in [5.41, 5.74) is 5.50. The lowest BCUT2D eigenvalue weighted by Gasteiger charge is -2.21. The van der Waals surface area contributed by atoms with Gasteiger partial charge in [0.25, 0.3) is 0 Å². The number of nitrogens with zero attached hydrogens (tertiary/aromatic N) is 1. The van der Waals surface area contributed by atoms with Crippen LogP contribution in [0.25, 0.3) is 0 Å². The summed E-state index contributed by atoms with van der Waals surface area (Å²) in [6, 6.07) is 0. The molecule has 2 N–H and O–H groups in total. The Morgan fingerprint density at radius 1 is 1.44 bits per heavy atom. The number of amides is 1. The normalized spacial score (nSPS) is 12.0. The first-order chi connectivity index (χ1) is 7.56. The zero-order valence-corrected chi connectivity index (χ0v) is 10.4. The summed E-state index contributed by atoms with van der Waals surface area (Å²) in [4.78, 5) is 24.3. The van der Waals surface area contributed by atoms with Crippen molar-refractivity contribution in [2.75, 3.05) is 27.2 Å². The van der Waals surface area contributed by atoms with E-state index in [4.69, 9.17) is 5.73 Å². The zero-order chi connectivity index (χ0) is 12.6. The highest BCUT2D eigenvalue weighted by atomic mass is 16.5. The molecule has 1 amide bonds. The van der Waals surface area contributed by atoms with Crippen LogP contribution in [-0.2, 0) is 14.3 Å². The van der Waals surface area contributed by atoms with Crippen molar-refractivity contribution in [2.45, 2.75) is 26.2 Å². The molecule has 0 spiro atoms. The highest BCUT2D eigenvalue weighted by Crippen LogP contribution is 2.06. The Morgan fingerprint density at radius 3 is 2.50 bits per heavy atom. The molecular formula is C11H22N2O3. The van der Waals surface area contributed by atoms with Crippen LogP contribution in [0.3, 0.4) is 0 Å². The SMILES string of the molecule is CCC(CN)C(=O)N(C)CCCC(=O)OC. The van der Waals surface area contributed by atoms with Gasteiger partial charge in [-0.1, -0.05) is 6.92 Å². The summed E-state index contributed by atoms with van der Waals surface area (Å²) in [7, 11) is 3.09. The van der Waals surface area contributed by atoms with Gasteiger partial charge >= 0.3 is 5.97 Å². The van der Waals surface area contributed by atoms with Crippen molar-refractivity contribution in [1.82, 2.24) is 4.90 Å². The van der Waals surface area contributed by atoms with E-state index in [0.29, 0.717) is 25.9 Å². The molecule has 94 valence electrons. The third-order valence-electron chi connectivity index (χ3n) is 2.60. The average Bonchev–Trinajstić information content (AvgIpc) is 2.29. The molecule has 5 heteroatoms. The summed E-state index contributed by atoms with van der Waals surface area (Å²) < 4.78 is 4.52. The highest BCUT2D eigenvalue weighted by Gasteiger charge is 2.18. The first kappa shape index (κ1) is 14.9. The van der Waals surface area contributed by atoms with Crippen molar-refractivity contribution in [3.8, 4) is 0 Å². The van der Waals surface area contributed by atoms with Crippen molar-refractivity contribution in [2.24, 2.45) is 11.7 Å². The number of methoxy groups -OCH3 is 1. The Morgan fingerprint density at radius 2 is 2.06 bits per heavy atom. The Bertz CT molecular complexity index is 227. The van der Waals surface area contributed by atoms with Crippen molar-refractivity contribution in [1.29, 1.82) is 0 Å². The lowest BCUT2D eigenvalue weighted by molar-refractivity contribution is -0.141. The monoisotopic (exact) mass is 230 g/mol. The van der Waals surface area contributed by atoms with Crippen LogP contribution in [0.1, 0.15) is 26.2 Å². The molecule has 0 rings (SSSR count). The molecule has 5 nitrogen and oxygen atoms in total. The van der Waals surface area contributed by atoms with E-state index in [0.717, 1.165) is 6.42 Å². The van der Waals surface area contributed by atoms with Crippen LogP contribution in [0.4, 0.5) is 0 Å². The molecule has 0 aliphatic rings. The fourth-order valence-corrected chi connectivity index (χ4v) is 1.43. The van der Waals surface area contributed by atoms with Crippen LogP contribution >= 0.6 is 0 Å². The molecule has 1 unspecified atom stereocenters. The Balaban J connectivity index is 3.91. The fraction of sp³-hybridized carbons (Fsp3) is 0.818. The number of hydrogen-bond donors (Lipinski definition) is 1. The Hall–Kier alpha value is -1.10. The first-order valence-corrected chi connectivity index (χ1v) is 5.58. The predicted octanol–water partition coefficient (Wildman–Crippen LogP) is 0.383. The van der Waals surface area contributed by atoms with E-state index in [1.165, 1.54) is 7.11 Å². The molecule has 0 heterocycles. The van der Waals surface area contributed by atoms with Gasteiger partial charge in [-0.15, -0.1) is 0 Å². The van der Waals surface area contributed by atoms with Gasteiger partial charge in [0.1, 0.15) is 0 Å². The summed E-state index contributed by atoms with van der Waals surface area (Å²) in [5.74, 6) is -0.301. The van der Waals surface area contributed by atoms with Gasteiger partial charge < -0.3 is 15.4 Å². The maximum absolute atomic E-state index is 11.8. The summed E-state index contributed by atoms with van der Waals surface area (Å²) in [6.07, 6.45) is 1.71. The predicted molar refractivity (Wildman–Crippen MR) is 61.7 cm³/mol. The van der Waals surface area contributed by atoms with Crippen LogP contribution < -0.4 is 5.73 Å². The van der Waals surface area contributed by atoms with Crippen molar-refractivity contribution in [3.63, 3.8) is 0 Å². The van der Waals surface area contributed by atoms with Crippen molar-refractivity contribution >= 4 is 11.9 Å². The summed E-state index contributed by atoms with van der Waals surface area (Å²) in [6.45, 7) is 2.87. The van der Waals surface area contributed by atoms with Crippen LogP contribution in [0.5, 0.6) is 0 Å². The number of carbonyl (C=O) groups excluding carboxylic acids is 2. The molecule has 16 heavy (non-hydrogen) atoms. The molecule has 0 radical (unpaired) electrons. The number of carbonyl (C=O) groups is 2. The minimum absolute atomic E-state index is 0.0508.